The minimum Gasteiger partial charge on any atom is -0.465 e. The summed E-state index contributed by atoms with van der Waals surface area (Å²) in [5, 5.41) is 8.88. The van der Waals surface area contributed by atoms with E-state index in [1.807, 2.05) is 0 Å². The number of ether oxygens (including phenoxy) is 1. The van der Waals surface area contributed by atoms with Crippen molar-refractivity contribution in [1.29, 1.82) is 0 Å². The number of aromatic nitrogens is 2. The number of aliphatic hydroxyl groups is 1. The number of carbonyl (C=O) groups is 1. The summed E-state index contributed by atoms with van der Waals surface area (Å²) in [6.45, 7) is 0.00496. The van der Waals surface area contributed by atoms with Gasteiger partial charge < -0.3 is 14.8 Å². The lowest BCUT2D eigenvalue weighted by Crippen LogP contribution is -2.02. The maximum absolute atomic E-state index is 11.6. The van der Waals surface area contributed by atoms with Crippen LogP contribution < -0.4 is 0 Å². The smallest absolute Gasteiger partial charge is 0.340 e. The summed E-state index contributed by atoms with van der Waals surface area (Å²) in [7, 11) is 1.33. The lowest BCUT2D eigenvalue weighted by Gasteiger charge is -2.01. The molecular formula is C11H11BrN2O3. The monoisotopic (exact) mass is 298 g/mol. The predicted octanol–water partition coefficient (Wildman–Crippen LogP) is 1.65. The largest absolute Gasteiger partial charge is 0.465 e. The first-order chi connectivity index (χ1) is 8.17. The minimum atomic E-state index is -0.415. The van der Waals surface area contributed by atoms with Crippen LogP contribution in [0.15, 0.2) is 16.6 Å². The summed E-state index contributed by atoms with van der Waals surface area (Å²) < 4.78 is 5.49. The SMILES string of the molecule is COC(=O)c1ccc(Br)c2nc(CCO)[nH]c12. The van der Waals surface area contributed by atoms with Gasteiger partial charge in [-0.3, -0.25) is 0 Å². The third kappa shape index (κ3) is 2.18. The molecule has 6 heteroatoms. The number of H-pyrrole nitrogens is 1. The number of nitrogens with one attached hydrogen (secondary N) is 1. The molecule has 0 aliphatic rings. The molecular weight excluding hydrogens is 288 g/mol. The summed E-state index contributed by atoms with van der Waals surface area (Å²) in [5.74, 6) is 0.223. The Labute approximate surface area is 106 Å². The Bertz CT molecular complexity index is 565. The molecule has 90 valence electrons. The fraction of sp³-hybridized carbons (Fsp3) is 0.273. The Kier molecular flexibility index (Phi) is 3.44. The average Bonchev–Trinajstić information content (AvgIpc) is 2.74. The van der Waals surface area contributed by atoms with Gasteiger partial charge in [-0.1, -0.05) is 0 Å². The Balaban J connectivity index is 2.62. The molecule has 5 nitrogen and oxygen atoms in total. The summed E-state index contributed by atoms with van der Waals surface area (Å²) in [5.41, 5.74) is 1.72. The van der Waals surface area contributed by atoms with Gasteiger partial charge in [0.05, 0.1) is 24.8 Å². The number of esters is 1. The number of nitrogens with zero attached hydrogens (tertiary/aromatic N) is 1. The van der Waals surface area contributed by atoms with Crippen molar-refractivity contribution in [1.82, 2.24) is 9.97 Å². The van der Waals surface area contributed by atoms with Gasteiger partial charge in [-0.2, -0.15) is 0 Å². The summed E-state index contributed by atoms with van der Waals surface area (Å²) in [6.07, 6.45) is 0.418. The Morgan fingerprint density at radius 1 is 1.59 bits per heavy atom. The van der Waals surface area contributed by atoms with E-state index in [4.69, 9.17) is 9.84 Å². The van der Waals surface area contributed by atoms with E-state index in [1.54, 1.807) is 12.1 Å². The van der Waals surface area contributed by atoms with Gasteiger partial charge in [0.2, 0.25) is 0 Å². The van der Waals surface area contributed by atoms with Gasteiger partial charge in [-0.05, 0) is 28.1 Å². The minimum absolute atomic E-state index is 0.00496. The first kappa shape index (κ1) is 12.1. The van der Waals surface area contributed by atoms with Crippen LogP contribution in [0.1, 0.15) is 16.2 Å². The molecule has 0 saturated carbocycles. The van der Waals surface area contributed by atoms with E-state index < -0.39 is 5.97 Å². The van der Waals surface area contributed by atoms with Gasteiger partial charge >= 0.3 is 5.97 Å². The second-order valence-electron chi connectivity index (χ2n) is 3.47. The van der Waals surface area contributed by atoms with Gasteiger partial charge in [0.15, 0.2) is 0 Å². The van der Waals surface area contributed by atoms with Gasteiger partial charge in [-0.15, -0.1) is 0 Å². The topological polar surface area (TPSA) is 75.2 Å². The third-order valence-electron chi connectivity index (χ3n) is 2.40. The number of halogens is 1. The third-order valence-corrected chi connectivity index (χ3v) is 3.04. The van der Waals surface area contributed by atoms with Crippen molar-refractivity contribution < 1.29 is 14.6 Å². The van der Waals surface area contributed by atoms with Crippen molar-refractivity contribution in [3.05, 3.63) is 28.0 Å². The number of fused-ring (bicyclic) bond motifs is 1. The van der Waals surface area contributed by atoms with Crippen LogP contribution in [0.3, 0.4) is 0 Å². The van der Waals surface area contributed by atoms with Crippen molar-refractivity contribution >= 4 is 32.9 Å². The number of carbonyl (C=O) groups excluding carboxylic acids is 1. The molecule has 0 amide bonds. The zero-order valence-corrected chi connectivity index (χ0v) is 10.7. The van der Waals surface area contributed by atoms with Crippen molar-refractivity contribution in [2.24, 2.45) is 0 Å². The molecule has 1 aromatic carbocycles. The van der Waals surface area contributed by atoms with E-state index in [2.05, 4.69) is 25.9 Å². The molecule has 2 rings (SSSR count). The van der Waals surface area contributed by atoms with Gasteiger partial charge in [0, 0.05) is 10.9 Å². The quantitative estimate of drug-likeness (QED) is 0.845. The number of hydrogen-bond donors (Lipinski definition) is 2. The van der Waals surface area contributed by atoms with E-state index in [0.717, 1.165) is 4.47 Å². The molecule has 0 spiro atoms. The summed E-state index contributed by atoms with van der Waals surface area (Å²) >= 11 is 3.37. The van der Waals surface area contributed by atoms with Crippen molar-refractivity contribution in [2.45, 2.75) is 6.42 Å². The predicted molar refractivity (Wildman–Crippen MR) is 65.9 cm³/mol. The number of methoxy groups -OCH3 is 1. The van der Waals surface area contributed by atoms with Crippen LogP contribution in [-0.2, 0) is 11.2 Å². The van der Waals surface area contributed by atoms with Crippen LogP contribution in [0.2, 0.25) is 0 Å². The highest BCUT2D eigenvalue weighted by Gasteiger charge is 2.15. The van der Waals surface area contributed by atoms with Crippen LogP contribution >= 0.6 is 15.9 Å². The lowest BCUT2D eigenvalue weighted by molar-refractivity contribution is 0.0603. The van der Waals surface area contributed by atoms with E-state index in [1.165, 1.54) is 7.11 Å². The molecule has 0 saturated heterocycles. The summed E-state index contributed by atoms with van der Waals surface area (Å²) in [4.78, 5) is 18.9. The number of aliphatic hydroxyl groups excluding tert-OH is 1. The molecule has 0 unspecified atom stereocenters. The van der Waals surface area contributed by atoms with Gasteiger partial charge in [0.1, 0.15) is 11.3 Å². The molecule has 0 aliphatic carbocycles. The van der Waals surface area contributed by atoms with Crippen LogP contribution in [0.4, 0.5) is 0 Å². The molecule has 0 bridgehead atoms. The highest BCUT2D eigenvalue weighted by Crippen LogP contribution is 2.25. The average molecular weight is 299 g/mol. The molecule has 2 aromatic rings. The van der Waals surface area contributed by atoms with Gasteiger partial charge in [-0.25, -0.2) is 9.78 Å². The van der Waals surface area contributed by atoms with Crippen LogP contribution in [0.5, 0.6) is 0 Å². The normalized spacial score (nSPS) is 10.8. The van der Waals surface area contributed by atoms with Crippen LogP contribution in [0.25, 0.3) is 11.0 Å². The fourth-order valence-corrected chi connectivity index (χ4v) is 2.03. The van der Waals surface area contributed by atoms with Crippen LogP contribution in [-0.4, -0.2) is 34.8 Å². The Hall–Kier alpha value is -1.40. The van der Waals surface area contributed by atoms with Crippen molar-refractivity contribution in [2.75, 3.05) is 13.7 Å². The fourth-order valence-electron chi connectivity index (χ4n) is 1.61. The number of aromatic amines is 1. The molecule has 1 heterocycles. The molecule has 0 atom stereocenters. The number of hydrogen-bond acceptors (Lipinski definition) is 4. The summed E-state index contributed by atoms with van der Waals surface area (Å²) in [6, 6.07) is 3.41. The Morgan fingerprint density at radius 3 is 3.00 bits per heavy atom. The van der Waals surface area contributed by atoms with Crippen molar-refractivity contribution in [3.8, 4) is 0 Å². The number of benzene rings is 1. The van der Waals surface area contributed by atoms with E-state index >= 15 is 0 Å². The maximum Gasteiger partial charge on any atom is 0.340 e. The van der Waals surface area contributed by atoms with E-state index in [9.17, 15) is 4.79 Å². The second-order valence-corrected chi connectivity index (χ2v) is 4.32. The second kappa shape index (κ2) is 4.85. The molecule has 1 aromatic heterocycles. The van der Waals surface area contributed by atoms with Crippen molar-refractivity contribution in [3.63, 3.8) is 0 Å². The zero-order chi connectivity index (χ0) is 12.4. The van der Waals surface area contributed by atoms with Crippen LogP contribution in [0, 0.1) is 0 Å². The Morgan fingerprint density at radius 2 is 2.35 bits per heavy atom. The molecule has 0 aliphatic heterocycles. The standard InChI is InChI=1S/C11H11BrN2O3/c1-17-11(16)6-2-3-7(12)10-9(6)13-8(14-10)4-5-15/h2-3,15H,4-5H2,1H3,(H,13,14). The zero-order valence-electron chi connectivity index (χ0n) is 9.16. The number of rotatable bonds is 3. The highest BCUT2D eigenvalue weighted by molar-refractivity contribution is 9.10. The highest BCUT2D eigenvalue weighted by atomic mass is 79.9. The lowest BCUT2D eigenvalue weighted by atomic mass is 10.2. The molecule has 0 radical (unpaired) electrons. The molecule has 0 fully saturated rings. The molecule has 17 heavy (non-hydrogen) atoms. The number of imidazole rings is 1. The molecule has 2 N–H and O–H groups in total. The maximum atomic E-state index is 11.6. The van der Waals surface area contributed by atoms with Gasteiger partial charge in [0.25, 0.3) is 0 Å². The first-order valence-corrected chi connectivity index (χ1v) is 5.83. The first-order valence-electron chi connectivity index (χ1n) is 5.03. The van der Waals surface area contributed by atoms with E-state index in [-0.39, 0.29) is 6.61 Å². The van der Waals surface area contributed by atoms with E-state index in [0.29, 0.717) is 28.8 Å².